The van der Waals surface area contributed by atoms with Gasteiger partial charge in [0.15, 0.2) is 0 Å². The summed E-state index contributed by atoms with van der Waals surface area (Å²) in [5.41, 5.74) is 5.96. The number of hydrogen-bond acceptors (Lipinski definition) is 4. The minimum atomic E-state index is -0.446. The van der Waals surface area contributed by atoms with E-state index in [0.29, 0.717) is 6.54 Å². The molecule has 1 aromatic heterocycles. The fraction of sp³-hybridized carbons (Fsp3) is 0.667. The monoisotopic (exact) mass is 238 g/mol. The zero-order chi connectivity index (χ0) is 13.1. The third-order valence-electron chi connectivity index (χ3n) is 2.99. The van der Waals surface area contributed by atoms with Crippen LogP contribution in [-0.4, -0.2) is 29.4 Å². The van der Waals surface area contributed by atoms with Gasteiger partial charge in [0.1, 0.15) is 0 Å². The Morgan fingerprint density at radius 1 is 1.41 bits per heavy atom. The highest BCUT2D eigenvalue weighted by Crippen LogP contribution is 2.12. The lowest BCUT2D eigenvalue weighted by atomic mass is 10.1. The molecule has 0 atom stereocenters. The summed E-state index contributed by atoms with van der Waals surface area (Å²) in [5.74, 6) is 0. The van der Waals surface area contributed by atoms with Crippen molar-refractivity contribution in [3.8, 4) is 0 Å². The molecule has 0 amide bonds. The third-order valence-corrected chi connectivity index (χ3v) is 2.99. The Labute approximate surface area is 102 Å². The van der Waals surface area contributed by atoms with Gasteiger partial charge in [-0.05, 0) is 27.7 Å². The summed E-state index contributed by atoms with van der Waals surface area (Å²) in [6, 6.07) is 1.62. The van der Waals surface area contributed by atoms with E-state index in [9.17, 15) is 4.79 Å². The molecule has 0 aliphatic heterocycles. The topological polar surface area (TPSA) is 64.2 Å². The van der Waals surface area contributed by atoms with Crippen molar-refractivity contribution in [1.29, 1.82) is 0 Å². The summed E-state index contributed by atoms with van der Waals surface area (Å²) in [5, 5.41) is 4.22. The largest absolute Gasteiger partial charge is 0.371 e. The van der Waals surface area contributed by atoms with Crippen LogP contribution < -0.4 is 16.2 Å². The molecule has 0 bridgehead atoms. The lowest BCUT2D eigenvalue weighted by molar-refractivity contribution is 0.314. The fourth-order valence-corrected chi connectivity index (χ4v) is 1.70. The molecule has 0 aromatic carbocycles. The second kappa shape index (κ2) is 5.31. The summed E-state index contributed by atoms with van der Waals surface area (Å²) in [6.45, 7) is 10.0. The number of aromatic nitrogens is 2. The highest BCUT2D eigenvalue weighted by Gasteiger charge is 2.21. The van der Waals surface area contributed by atoms with E-state index in [1.165, 1.54) is 4.68 Å². The van der Waals surface area contributed by atoms with Crippen LogP contribution in [0, 0.1) is 0 Å². The average molecular weight is 238 g/mol. The van der Waals surface area contributed by atoms with Gasteiger partial charge in [-0.15, -0.1) is 0 Å². The van der Waals surface area contributed by atoms with E-state index in [0.717, 1.165) is 18.8 Å². The number of rotatable bonds is 5. The van der Waals surface area contributed by atoms with Gasteiger partial charge in [0.2, 0.25) is 0 Å². The molecular formula is C12H22N4O. The molecule has 0 spiro atoms. The van der Waals surface area contributed by atoms with Crippen molar-refractivity contribution in [2.24, 2.45) is 5.73 Å². The molecule has 1 aromatic rings. The Morgan fingerprint density at radius 3 is 2.41 bits per heavy atom. The van der Waals surface area contributed by atoms with E-state index in [-0.39, 0.29) is 5.56 Å². The molecule has 1 heterocycles. The number of nitrogens with zero attached hydrogens (tertiary/aromatic N) is 3. The van der Waals surface area contributed by atoms with E-state index in [1.807, 2.05) is 13.8 Å². The molecule has 17 heavy (non-hydrogen) atoms. The van der Waals surface area contributed by atoms with Gasteiger partial charge in [-0.1, -0.05) is 0 Å². The molecular weight excluding hydrogens is 216 g/mol. The van der Waals surface area contributed by atoms with Gasteiger partial charge >= 0.3 is 0 Å². The summed E-state index contributed by atoms with van der Waals surface area (Å²) in [6.07, 6.45) is 1.73. The Balaban J connectivity index is 3.15. The zero-order valence-electron chi connectivity index (χ0n) is 11.1. The molecule has 0 fully saturated rings. The fourth-order valence-electron chi connectivity index (χ4n) is 1.70. The number of anilines is 1. The van der Waals surface area contributed by atoms with E-state index in [4.69, 9.17) is 5.73 Å². The summed E-state index contributed by atoms with van der Waals surface area (Å²) < 4.78 is 1.44. The third kappa shape index (κ3) is 2.85. The first-order valence-corrected chi connectivity index (χ1v) is 6.01. The molecule has 0 saturated carbocycles. The molecule has 5 nitrogen and oxygen atoms in total. The van der Waals surface area contributed by atoms with Gasteiger partial charge < -0.3 is 10.6 Å². The maximum Gasteiger partial charge on any atom is 0.269 e. The normalized spacial score (nSPS) is 11.6. The molecule has 0 aliphatic carbocycles. The van der Waals surface area contributed by atoms with Crippen molar-refractivity contribution in [2.45, 2.75) is 33.2 Å². The molecule has 0 radical (unpaired) electrons. The van der Waals surface area contributed by atoms with E-state index in [2.05, 4.69) is 23.8 Å². The predicted molar refractivity (Wildman–Crippen MR) is 70.4 cm³/mol. The van der Waals surface area contributed by atoms with Crippen LogP contribution in [0.25, 0.3) is 0 Å². The summed E-state index contributed by atoms with van der Waals surface area (Å²) >= 11 is 0. The van der Waals surface area contributed by atoms with Gasteiger partial charge in [-0.25, -0.2) is 4.68 Å². The lowest BCUT2D eigenvalue weighted by Gasteiger charge is -2.26. The van der Waals surface area contributed by atoms with Gasteiger partial charge in [0.25, 0.3) is 5.56 Å². The van der Waals surface area contributed by atoms with Crippen LogP contribution in [0.1, 0.15) is 27.7 Å². The van der Waals surface area contributed by atoms with Gasteiger partial charge in [-0.3, -0.25) is 4.79 Å². The maximum atomic E-state index is 12.0. The molecule has 1 rings (SSSR count). The Kier molecular flexibility index (Phi) is 4.28. The molecule has 0 aliphatic rings. The standard InChI is InChI=1S/C12H22N4O/c1-5-15(6-2)10-7-11(17)16(14-8-10)12(3,4)9-13/h7-8H,5-6,9,13H2,1-4H3. The highest BCUT2D eigenvalue weighted by atomic mass is 16.1. The van der Waals surface area contributed by atoms with Crippen LogP contribution >= 0.6 is 0 Å². The molecule has 0 saturated heterocycles. The van der Waals surface area contributed by atoms with Crippen LogP contribution in [0.5, 0.6) is 0 Å². The zero-order valence-corrected chi connectivity index (χ0v) is 11.1. The first kappa shape index (κ1) is 13.7. The van der Waals surface area contributed by atoms with E-state index in [1.54, 1.807) is 12.3 Å². The predicted octanol–water partition coefficient (Wildman–Crippen LogP) is 0.783. The molecule has 2 N–H and O–H groups in total. The van der Waals surface area contributed by atoms with Crippen LogP contribution in [0.3, 0.4) is 0 Å². The smallest absolute Gasteiger partial charge is 0.269 e. The van der Waals surface area contributed by atoms with Crippen molar-refractivity contribution >= 4 is 5.69 Å². The van der Waals surface area contributed by atoms with Crippen LogP contribution in [0.4, 0.5) is 5.69 Å². The molecule has 5 heteroatoms. The Bertz CT molecular complexity index is 421. The maximum absolute atomic E-state index is 12.0. The van der Waals surface area contributed by atoms with Crippen LogP contribution in [0.2, 0.25) is 0 Å². The minimum Gasteiger partial charge on any atom is -0.371 e. The number of hydrogen-bond donors (Lipinski definition) is 1. The average Bonchev–Trinajstić information content (AvgIpc) is 2.30. The first-order chi connectivity index (χ1) is 7.96. The molecule has 0 unspecified atom stereocenters. The number of nitrogens with two attached hydrogens (primary N) is 1. The van der Waals surface area contributed by atoms with Crippen LogP contribution in [-0.2, 0) is 5.54 Å². The van der Waals surface area contributed by atoms with E-state index >= 15 is 0 Å². The quantitative estimate of drug-likeness (QED) is 0.823. The van der Waals surface area contributed by atoms with Crippen molar-refractivity contribution < 1.29 is 0 Å². The Hall–Kier alpha value is -1.36. The first-order valence-electron chi connectivity index (χ1n) is 6.01. The SMILES string of the molecule is CCN(CC)c1cnn(C(C)(C)CN)c(=O)c1. The summed E-state index contributed by atoms with van der Waals surface area (Å²) in [4.78, 5) is 14.1. The summed E-state index contributed by atoms with van der Waals surface area (Å²) in [7, 11) is 0. The van der Waals surface area contributed by atoms with Gasteiger partial charge in [0, 0.05) is 25.7 Å². The lowest BCUT2D eigenvalue weighted by Crippen LogP contribution is -2.43. The van der Waals surface area contributed by atoms with E-state index < -0.39 is 5.54 Å². The van der Waals surface area contributed by atoms with Crippen molar-refractivity contribution in [1.82, 2.24) is 9.78 Å². The van der Waals surface area contributed by atoms with Crippen molar-refractivity contribution in [3.63, 3.8) is 0 Å². The Morgan fingerprint density at radius 2 is 2.00 bits per heavy atom. The second-order valence-electron chi connectivity index (χ2n) is 4.65. The molecule has 96 valence electrons. The van der Waals surface area contributed by atoms with Crippen molar-refractivity contribution in [2.75, 3.05) is 24.5 Å². The second-order valence-corrected chi connectivity index (χ2v) is 4.65. The van der Waals surface area contributed by atoms with Crippen molar-refractivity contribution in [3.05, 3.63) is 22.6 Å². The van der Waals surface area contributed by atoms with Gasteiger partial charge in [-0.2, -0.15) is 5.10 Å². The van der Waals surface area contributed by atoms with Crippen LogP contribution in [0.15, 0.2) is 17.1 Å². The highest BCUT2D eigenvalue weighted by molar-refractivity contribution is 5.42. The minimum absolute atomic E-state index is 0.107. The van der Waals surface area contributed by atoms with Gasteiger partial charge in [0.05, 0.1) is 17.4 Å².